The van der Waals surface area contributed by atoms with Crippen molar-refractivity contribution in [1.29, 1.82) is 0 Å². The number of aromatic nitrogens is 1. The van der Waals surface area contributed by atoms with Crippen LogP contribution < -0.4 is 24.0 Å². The summed E-state index contributed by atoms with van der Waals surface area (Å²) >= 11 is 1.09. The zero-order chi connectivity index (χ0) is 27.6. The van der Waals surface area contributed by atoms with Gasteiger partial charge in [0.15, 0.2) is 0 Å². The molecule has 200 valence electrons. The van der Waals surface area contributed by atoms with Crippen molar-refractivity contribution in [3.05, 3.63) is 75.9 Å². The summed E-state index contributed by atoms with van der Waals surface area (Å²) in [6, 6.07) is 16.3. The van der Waals surface area contributed by atoms with Crippen molar-refractivity contribution in [2.45, 2.75) is 31.7 Å². The number of sulfonamides is 1. The van der Waals surface area contributed by atoms with E-state index in [-0.39, 0.29) is 27.2 Å². The zero-order valence-corrected chi connectivity index (χ0v) is 23.4. The molecule has 1 amide bonds. The van der Waals surface area contributed by atoms with Gasteiger partial charge in [0.25, 0.3) is 10.0 Å². The van der Waals surface area contributed by atoms with Crippen molar-refractivity contribution in [1.82, 2.24) is 4.57 Å². The van der Waals surface area contributed by atoms with Gasteiger partial charge in [-0.1, -0.05) is 29.0 Å². The van der Waals surface area contributed by atoms with E-state index in [1.807, 2.05) is 20.8 Å². The number of nitrogens with one attached hydrogen (secondary N) is 1. The van der Waals surface area contributed by atoms with E-state index in [4.69, 9.17) is 9.47 Å². The molecule has 11 heteroatoms. The third-order valence-corrected chi connectivity index (χ3v) is 8.66. The highest BCUT2D eigenvalue weighted by molar-refractivity contribution is 7.92. The topological polar surface area (TPSA) is 107 Å². The molecule has 0 saturated heterocycles. The quantitative estimate of drug-likeness (QED) is 0.318. The van der Waals surface area contributed by atoms with Crippen LogP contribution in [0.2, 0.25) is 0 Å². The molecule has 4 rings (SSSR count). The van der Waals surface area contributed by atoms with Crippen LogP contribution in [0.3, 0.4) is 0 Å². The minimum Gasteiger partial charge on any atom is -0.497 e. The fourth-order valence-corrected chi connectivity index (χ4v) is 6.54. The maximum atomic E-state index is 13.8. The summed E-state index contributed by atoms with van der Waals surface area (Å²) in [5.41, 5.74) is 2.28. The van der Waals surface area contributed by atoms with Gasteiger partial charge in [0, 0.05) is 17.8 Å². The lowest BCUT2D eigenvalue weighted by atomic mass is 10.2. The highest BCUT2D eigenvalue weighted by Gasteiger charge is 2.30. The Morgan fingerprint density at radius 3 is 2.37 bits per heavy atom. The number of hydrogen-bond donors (Lipinski definition) is 1. The second kappa shape index (κ2) is 10.9. The summed E-state index contributed by atoms with van der Waals surface area (Å²) < 4.78 is 41.7. The first-order chi connectivity index (χ1) is 18.0. The molecule has 1 N–H and O–H groups in total. The summed E-state index contributed by atoms with van der Waals surface area (Å²) in [7, 11) is -1.28. The van der Waals surface area contributed by atoms with Gasteiger partial charge < -0.3 is 14.8 Å². The van der Waals surface area contributed by atoms with Crippen molar-refractivity contribution in [2.75, 3.05) is 30.4 Å². The standard InChI is InChI=1S/C27H29N3O6S2/c1-17(2)30-22-12-8-19(14-25(22)37-27(30)32)28-26(31)16-29(23-15-20(35-4)9-13-24(23)36-5)38(33,34)21-10-6-18(3)7-11-21/h6-15,17H,16H2,1-5H3,(H,28,31). The Morgan fingerprint density at radius 1 is 1.03 bits per heavy atom. The molecule has 0 fully saturated rings. The normalized spacial score (nSPS) is 11.5. The first-order valence-electron chi connectivity index (χ1n) is 11.8. The molecule has 0 aliphatic carbocycles. The van der Waals surface area contributed by atoms with Crippen molar-refractivity contribution in [3.8, 4) is 11.5 Å². The second-order valence-electron chi connectivity index (χ2n) is 8.92. The van der Waals surface area contributed by atoms with Crippen LogP contribution in [0, 0.1) is 6.92 Å². The van der Waals surface area contributed by atoms with E-state index >= 15 is 0 Å². The van der Waals surface area contributed by atoms with E-state index in [0.29, 0.717) is 11.4 Å². The van der Waals surface area contributed by atoms with Crippen molar-refractivity contribution >= 4 is 48.9 Å². The van der Waals surface area contributed by atoms with Crippen molar-refractivity contribution in [3.63, 3.8) is 0 Å². The van der Waals surface area contributed by atoms with Crippen LogP contribution in [0.25, 0.3) is 10.2 Å². The molecule has 0 radical (unpaired) electrons. The summed E-state index contributed by atoms with van der Waals surface area (Å²) in [6.07, 6.45) is 0. The van der Waals surface area contributed by atoms with Gasteiger partial charge in [0.05, 0.1) is 35.0 Å². The Morgan fingerprint density at radius 2 is 1.74 bits per heavy atom. The van der Waals surface area contributed by atoms with Crippen LogP contribution in [-0.4, -0.2) is 39.7 Å². The van der Waals surface area contributed by atoms with E-state index in [1.165, 1.54) is 32.4 Å². The molecule has 0 aliphatic heterocycles. The number of anilines is 2. The maximum Gasteiger partial charge on any atom is 0.308 e. The van der Waals surface area contributed by atoms with Gasteiger partial charge in [-0.05, 0) is 63.2 Å². The minimum atomic E-state index is -4.17. The summed E-state index contributed by atoms with van der Waals surface area (Å²) in [6.45, 7) is 5.19. The van der Waals surface area contributed by atoms with Crippen molar-refractivity contribution in [2.24, 2.45) is 0 Å². The third kappa shape index (κ3) is 5.39. The monoisotopic (exact) mass is 555 g/mol. The number of rotatable bonds is 9. The number of carbonyl (C=O) groups is 1. The molecule has 0 spiro atoms. The first-order valence-corrected chi connectivity index (χ1v) is 14.1. The fourth-order valence-electron chi connectivity index (χ4n) is 4.06. The first kappa shape index (κ1) is 27.2. The van der Waals surface area contributed by atoms with Crippen molar-refractivity contribution < 1.29 is 22.7 Å². The van der Waals surface area contributed by atoms with E-state index in [2.05, 4.69) is 5.32 Å². The largest absolute Gasteiger partial charge is 0.497 e. The Balaban J connectivity index is 1.72. The Labute approximate surface area is 225 Å². The number of amides is 1. The molecule has 3 aromatic carbocycles. The van der Waals surface area contributed by atoms with E-state index in [1.54, 1.807) is 47.0 Å². The molecule has 9 nitrogen and oxygen atoms in total. The average Bonchev–Trinajstić information content (AvgIpc) is 3.22. The summed E-state index contributed by atoms with van der Waals surface area (Å²) in [4.78, 5) is 25.6. The zero-order valence-electron chi connectivity index (χ0n) is 21.7. The molecule has 0 aliphatic rings. The van der Waals surface area contributed by atoms with E-state index in [0.717, 1.165) is 31.4 Å². The summed E-state index contributed by atoms with van der Waals surface area (Å²) in [5.74, 6) is 0.0939. The van der Waals surface area contributed by atoms with Gasteiger partial charge in [-0.25, -0.2) is 8.42 Å². The third-order valence-electron chi connectivity index (χ3n) is 5.96. The molecular weight excluding hydrogens is 526 g/mol. The Kier molecular flexibility index (Phi) is 7.79. The molecule has 1 aromatic heterocycles. The van der Waals surface area contributed by atoms with Crippen LogP contribution in [0.1, 0.15) is 25.5 Å². The van der Waals surface area contributed by atoms with Gasteiger partial charge in [-0.3, -0.25) is 18.5 Å². The number of nitrogens with zero attached hydrogens (tertiary/aromatic N) is 2. The maximum absolute atomic E-state index is 13.8. The highest BCUT2D eigenvalue weighted by Crippen LogP contribution is 2.36. The van der Waals surface area contributed by atoms with Crippen LogP contribution in [0.4, 0.5) is 11.4 Å². The number of aryl methyl sites for hydroxylation is 1. The lowest BCUT2D eigenvalue weighted by molar-refractivity contribution is -0.114. The molecule has 38 heavy (non-hydrogen) atoms. The van der Waals surface area contributed by atoms with Gasteiger partial charge in [-0.15, -0.1) is 0 Å². The fraction of sp³-hybridized carbons (Fsp3) is 0.259. The molecule has 0 atom stereocenters. The van der Waals surface area contributed by atoms with Crippen LogP contribution in [-0.2, 0) is 14.8 Å². The predicted molar refractivity (Wildman–Crippen MR) is 150 cm³/mol. The van der Waals surface area contributed by atoms with Gasteiger partial charge in [0.2, 0.25) is 5.91 Å². The number of benzene rings is 3. The minimum absolute atomic E-state index is 0.00456. The molecular formula is C27H29N3O6S2. The predicted octanol–water partition coefficient (Wildman–Crippen LogP) is 4.80. The molecule has 4 aromatic rings. The number of methoxy groups -OCH3 is 2. The Hall–Kier alpha value is -3.83. The van der Waals surface area contributed by atoms with Crippen LogP contribution >= 0.6 is 11.3 Å². The molecule has 0 bridgehead atoms. The SMILES string of the molecule is COc1ccc(OC)c(N(CC(=O)Nc2ccc3c(c2)sc(=O)n3C(C)C)S(=O)(=O)c2ccc(C)cc2)c1. The van der Waals surface area contributed by atoms with Gasteiger partial charge in [-0.2, -0.15) is 0 Å². The van der Waals surface area contributed by atoms with Crippen LogP contribution in [0.15, 0.2) is 70.4 Å². The summed E-state index contributed by atoms with van der Waals surface area (Å²) in [5, 5.41) is 2.77. The number of ether oxygens (including phenoxy) is 2. The lowest BCUT2D eigenvalue weighted by Crippen LogP contribution is -2.38. The Bertz CT molecular complexity index is 1640. The molecule has 0 saturated carbocycles. The van der Waals surface area contributed by atoms with Gasteiger partial charge in [0.1, 0.15) is 18.0 Å². The average molecular weight is 556 g/mol. The smallest absolute Gasteiger partial charge is 0.308 e. The van der Waals surface area contributed by atoms with Gasteiger partial charge >= 0.3 is 4.87 Å². The number of hydrogen-bond acceptors (Lipinski definition) is 7. The lowest BCUT2D eigenvalue weighted by Gasteiger charge is -2.26. The molecule has 1 heterocycles. The van der Waals surface area contributed by atoms with E-state index in [9.17, 15) is 18.0 Å². The van der Waals surface area contributed by atoms with E-state index < -0.39 is 22.5 Å². The second-order valence-corrected chi connectivity index (χ2v) is 11.8. The number of thiazole rings is 1. The highest BCUT2D eigenvalue weighted by atomic mass is 32.2. The van der Waals surface area contributed by atoms with Crippen LogP contribution in [0.5, 0.6) is 11.5 Å². The number of carbonyl (C=O) groups excluding carboxylic acids is 1. The number of fused-ring (bicyclic) bond motifs is 1. The molecule has 0 unspecified atom stereocenters.